The fraction of sp³-hybridized carbons (Fsp3) is 0. The lowest BCUT2D eigenvalue weighted by atomic mass is 9.93. The summed E-state index contributed by atoms with van der Waals surface area (Å²) in [4.78, 5) is 21.4. The molecule has 4 aromatic heterocycles. The zero-order valence-corrected chi connectivity index (χ0v) is 36.8. The molecule has 0 radical (unpaired) electrons. The molecule has 9 aromatic carbocycles. The summed E-state index contributed by atoms with van der Waals surface area (Å²) in [5.74, 6) is 1.78. The molecule has 4 heterocycles. The largest absolute Gasteiger partial charge is 0.292 e. The molecular weight excluding hydrogens is 829 g/mol. The van der Waals surface area contributed by atoms with Crippen molar-refractivity contribution in [2.45, 2.75) is 0 Å². The highest BCUT2D eigenvalue weighted by atomic mass is 15.1. The summed E-state index contributed by atoms with van der Waals surface area (Å²) in [6.07, 6.45) is 0. The van der Waals surface area contributed by atoms with Crippen LogP contribution in [0.3, 0.4) is 0 Å². The second kappa shape index (κ2) is 16.3. The average Bonchev–Trinajstić information content (AvgIpc) is 4.01. The van der Waals surface area contributed by atoms with E-state index in [1.807, 2.05) is 24.3 Å². The highest BCUT2D eigenvalue weighted by molar-refractivity contribution is 6.13. The number of para-hydroxylation sites is 6. The Hall–Kier alpha value is -9.26. The quantitative estimate of drug-likeness (QED) is 0.143. The van der Waals surface area contributed by atoms with Gasteiger partial charge in [0.15, 0.2) is 0 Å². The number of benzene rings is 9. The van der Waals surface area contributed by atoms with Gasteiger partial charge < -0.3 is 0 Å². The molecule has 0 amide bonds. The maximum Gasteiger partial charge on any atom is 0.145 e. The van der Waals surface area contributed by atoms with Crippen LogP contribution in [0.15, 0.2) is 243 Å². The van der Waals surface area contributed by atoms with Crippen molar-refractivity contribution < 1.29 is 0 Å². The van der Waals surface area contributed by atoms with E-state index in [1.54, 1.807) is 0 Å². The summed E-state index contributed by atoms with van der Waals surface area (Å²) in [6.45, 7) is 0. The molecule has 0 N–H and O–H groups in total. The number of rotatable bonds is 8. The van der Waals surface area contributed by atoms with Gasteiger partial charge in [0.1, 0.15) is 11.6 Å². The number of hydrogen-bond acceptors (Lipinski definition) is 4. The van der Waals surface area contributed by atoms with Crippen LogP contribution in [0.5, 0.6) is 0 Å². The van der Waals surface area contributed by atoms with Crippen molar-refractivity contribution in [3.63, 3.8) is 0 Å². The van der Waals surface area contributed by atoms with Gasteiger partial charge in [-0.3, -0.25) is 9.13 Å². The van der Waals surface area contributed by atoms with Crippen molar-refractivity contribution in [1.29, 1.82) is 0 Å². The van der Waals surface area contributed by atoms with E-state index in [-0.39, 0.29) is 0 Å². The van der Waals surface area contributed by atoms with Crippen LogP contribution >= 0.6 is 0 Å². The lowest BCUT2D eigenvalue weighted by Crippen LogP contribution is -1.98. The Morgan fingerprint density at radius 2 is 0.603 bits per heavy atom. The fourth-order valence-electron chi connectivity index (χ4n) is 9.68. The summed E-state index contributed by atoms with van der Waals surface area (Å²) in [7, 11) is 0. The number of fused-ring (bicyclic) bond motifs is 5. The third kappa shape index (κ3) is 6.74. The topological polar surface area (TPSA) is 61.4 Å². The van der Waals surface area contributed by atoms with Gasteiger partial charge in [0, 0.05) is 44.4 Å². The Labute approximate surface area is 392 Å². The third-order valence-corrected chi connectivity index (χ3v) is 13.0. The molecule has 13 aromatic rings. The third-order valence-electron chi connectivity index (χ3n) is 13.0. The van der Waals surface area contributed by atoms with Crippen LogP contribution in [-0.2, 0) is 0 Å². The highest BCUT2D eigenvalue weighted by Crippen LogP contribution is 2.40. The maximum absolute atomic E-state index is 5.55. The summed E-state index contributed by atoms with van der Waals surface area (Å²) in [5, 5.41) is 2.08. The predicted molar refractivity (Wildman–Crippen MR) is 279 cm³/mol. The zero-order chi connectivity index (χ0) is 45.0. The van der Waals surface area contributed by atoms with Crippen molar-refractivity contribution >= 4 is 43.9 Å². The first kappa shape index (κ1) is 39.1. The van der Waals surface area contributed by atoms with Crippen LogP contribution in [0.4, 0.5) is 0 Å². The van der Waals surface area contributed by atoms with Gasteiger partial charge >= 0.3 is 0 Å². The van der Waals surface area contributed by atoms with Gasteiger partial charge in [0.2, 0.25) is 0 Å². The van der Waals surface area contributed by atoms with Crippen molar-refractivity contribution in [1.82, 2.24) is 29.1 Å². The van der Waals surface area contributed by atoms with Crippen molar-refractivity contribution in [2.24, 2.45) is 0 Å². The first-order chi connectivity index (χ1) is 33.7. The smallest absolute Gasteiger partial charge is 0.145 e. The minimum Gasteiger partial charge on any atom is -0.292 e. The molecule has 6 heteroatoms. The predicted octanol–water partition coefficient (Wildman–Crippen LogP) is 15.5. The van der Waals surface area contributed by atoms with Gasteiger partial charge in [-0.05, 0) is 82.9 Å². The summed E-state index contributed by atoms with van der Waals surface area (Å²) in [5.41, 5.74) is 18.1. The van der Waals surface area contributed by atoms with Crippen LogP contribution in [0.2, 0.25) is 0 Å². The molecule has 318 valence electrons. The highest BCUT2D eigenvalue weighted by Gasteiger charge is 2.20. The minimum absolute atomic E-state index is 0.848. The van der Waals surface area contributed by atoms with Gasteiger partial charge in [-0.2, -0.15) is 0 Å². The Kier molecular flexibility index (Phi) is 9.39. The van der Waals surface area contributed by atoms with E-state index in [4.69, 9.17) is 19.9 Å². The second-order valence-electron chi connectivity index (χ2n) is 17.0. The fourth-order valence-corrected chi connectivity index (χ4v) is 9.68. The molecule has 0 atom stereocenters. The van der Waals surface area contributed by atoms with Gasteiger partial charge in [-0.25, -0.2) is 19.9 Å². The molecule has 0 spiro atoms. The normalized spacial score (nSPS) is 11.5. The first-order valence-electron chi connectivity index (χ1n) is 22.9. The number of aromatic nitrogens is 6. The standard InChI is InChI=1S/C62H40N6/c1-5-17-41(18-6-1)51-39-55(43-29-33-45(34-30-43)61-65-53-25-13-15-27-57(53)67(61)47-21-9-3-10-22-47)63-59-49(51)37-38-50-52(42-19-7-2-8-20-42)40-56(64-60(50)59)44-31-35-46(36-32-44)62-66-54-26-14-16-28-58(54)68(62)48-23-11-4-12-24-48/h1-40H. The van der Waals surface area contributed by atoms with Gasteiger partial charge in [0.25, 0.3) is 0 Å². The summed E-state index contributed by atoms with van der Waals surface area (Å²) >= 11 is 0. The lowest BCUT2D eigenvalue weighted by Gasteiger charge is -2.16. The molecule has 0 fully saturated rings. The Morgan fingerprint density at radius 1 is 0.265 bits per heavy atom. The molecule has 0 bridgehead atoms. The second-order valence-corrected chi connectivity index (χ2v) is 17.0. The van der Waals surface area contributed by atoms with Crippen molar-refractivity contribution in [2.75, 3.05) is 0 Å². The SMILES string of the molecule is c1ccc(-c2cc(-c3ccc(-c4nc5ccccc5n4-c4ccccc4)cc3)nc3c2ccc2c(-c4ccccc4)cc(-c4ccc(-c5nc6ccccc6n5-c5ccccc5)cc4)nc23)cc1. The van der Waals surface area contributed by atoms with Gasteiger partial charge in [-0.15, -0.1) is 0 Å². The van der Waals surface area contributed by atoms with E-state index in [0.29, 0.717) is 0 Å². The van der Waals surface area contributed by atoms with Crippen LogP contribution < -0.4 is 0 Å². The molecule has 68 heavy (non-hydrogen) atoms. The lowest BCUT2D eigenvalue weighted by molar-refractivity contribution is 1.10. The van der Waals surface area contributed by atoms with Crippen LogP contribution in [-0.4, -0.2) is 29.1 Å². The zero-order valence-electron chi connectivity index (χ0n) is 36.8. The van der Waals surface area contributed by atoms with E-state index in [1.165, 1.54) is 0 Å². The number of nitrogens with zero attached hydrogens (tertiary/aromatic N) is 6. The monoisotopic (exact) mass is 868 g/mol. The number of pyridine rings is 2. The average molecular weight is 869 g/mol. The van der Waals surface area contributed by atoms with Crippen molar-refractivity contribution in [3.05, 3.63) is 243 Å². The minimum atomic E-state index is 0.848. The van der Waals surface area contributed by atoms with E-state index >= 15 is 0 Å². The van der Waals surface area contributed by atoms with E-state index < -0.39 is 0 Å². The Morgan fingerprint density at radius 3 is 1.00 bits per heavy atom. The number of hydrogen-bond donors (Lipinski definition) is 0. The molecule has 13 rings (SSSR count). The molecule has 0 aliphatic rings. The molecule has 0 saturated carbocycles. The summed E-state index contributed by atoms with van der Waals surface area (Å²) < 4.78 is 4.47. The Balaban J connectivity index is 0.978. The van der Waals surface area contributed by atoms with E-state index in [2.05, 4.69) is 228 Å². The molecule has 0 unspecified atom stereocenters. The molecule has 0 saturated heterocycles. The van der Waals surface area contributed by atoms with Gasteiger partial charge in [-0.1, -0.05) is 182 Å². The molecule has 0 aliphatic carbocycles. The van der Waals surface area contributed by atoms with Crippen LogP contribution in [0, 0.1) is 0 Å². The van der Waals surface area contributed by atoms with E-state index in [0.717, 1.165) is 123 Å². The molecular formula is C62H40N6. The maximum atomic E-state index is 5.55. The van der Waals surface area contributed by atoms with Crippen LogP contribution in [0.25, 0.3) is 123 Å². The number of imidazole rings is 2. The summed E-state index contributed by atoms with van der Waals surface area (Å²) in [6, 6.07) is 84.9. The first-order valence-corrected chi connectivity index (χ1v) is 22.9. The molecule has 6 nitrogen and oxygen atoms in total. The van der Waals surface area contributed by atoms with Gasteiger partial charge in [0.05, 0.1) is 44.5 Å². The van der Waals surface area contributed by atoms with Crippen LogP contribution in [0.1, 0.15) is 0 Å². The van der Waals surface area contributed by atoms with E-state index in [9.17, 15) is 0 Å². The van der Waals surface area contributed by atoms with Crippen molar-refractivity contribution in [3.8, 4) is 78.9 Å². The molecule has 0 aliphatic heterocycles. The Bertz CT molecular complexity index is 3710.